The van der Waals surface area contributed by atoms with Gasteiger partial charge in [0.15, 0.2) is 5.78 Å². The molecule has 0 radical (unpaired) electrons. The Bertz CT molecular complexity index is 1070. The van der Waals surface area contributed by atoms with E-state index in [-0.39, 0.29) is 29.4 Å². The third-order valence-corrected chi connectivity index (χ3v) is 6.00. The van der Waals surface area contributed by atoms with E-state index in [9.17, 15) is 24.5 Å². The van der Waals surface area contributed by atoms with Crippen LogP contribution in [0.2, 0.25) is 0 Å². The summed E-state index contributed by atoms with van der Waals surface area (Å²) >= 11 is 0. The number of dihydropyridines is 1. The molecule has 2 aliphatic rings. The first-order chi connectivity index (χ1) is 15.1. The number of nitrogens with one attached hydrogen (secondary N) is 1. The number of nitrogens with zero attached hydrogens (tertiary/aromatic N) is 1. The van der Waals surface area contributed by atoms with E-state index in [1.165, 1.54) is 13.2 Å². The van der Waals surface area contributed by atoms with Crippen molar-refractivity contribution in [2.45, 2.75) is 40.0 Å². The molecule has 0 saturated carbocycles. The Balaban J connectivity index is 2.25. The molecule has 32 heavy (non-hydrogen) atoms. The van der Waals surface area contributed by atoms with E-state index in [2.05, 4.69) is 5.32 Å². The van der Waals surface area contributed by atoms with E-state index in [1.807, 2.05) is 0 Å². The predicted molar refractivity (Wildman–Crippen MR) is 114 cm³/mol. The minimum atomic E-state index is -1.02. The van der Waals surface area contributed by atoms with Crippen molar-refractivity contribution in [1.29, 1.82) is 0 Å². The number of aryl methyl sites for hydroxylation is 1. The highest BCUT2D eigenvalue weighted by Gasteiger charge is 2.47. The van der Waals surface area contributed by atoms with Crippen LogP contribution in [0.4, 0.5) is 5.69 Å². The van der Waals surface area contributed by atoms with Gasteiger partial charge in [0.05, 0.1) is 24.2 Å². The van der Waals surface area contributed by atoms with Crippen LogP contribution in [0, 0.1) is 28.9 Å². The highest BCUT2D eigenvalue weighted by molar-refractivity contribution is 6.12. The van der Waals surface area contributed by atoms with Crippen LogP contribution < -0.4 is 5.32 Å². The number of carbonyl (C=O) groups is 3. The molecule has 1 heterocycles. The van der Waals surface area contributed by atoms with Gasteiger partial charge in [-0.05, 0) is 38.7 Å². The van der Waals surface area contributed by atoms with Gasteiger partial charge in [0, 0.05) is 34.5 Å². The van der Waals surface area contributed by atoms with E-state index < -0.39 is 34.5 Å². The van der Waals surface area contributed by atoms with Gasteiger partial charge in [0.1, 0.15) is 5.92 Å². The first-order valence-corrected chi connectivity index (χ1v) is 10.4. The summed E-state index contributed by atoms with van der Waals surface area (Å²) in [7, 11) is 1.22. The molecule has 170 valence electrons. The number of hydrogen-bond donors (Lipinski definition) is 1. The van der Waals surface area contributed by atoms with Crippen LogP contribution in [0.25, 0.3) is 0 Å². The lowest BCUT2D eigenvalue weighted by atomic mass is 9.69. The Hall–Kier alpha value is -3.49. The maximum Gasteiger partial charge on any atom is 0.336 e. The van der Waals surface area contributed by atoms with Crippen LogP contribution in [0.15, 0.2) is 40.7 Å². The lowest BCUT2D eigenvalue weighted by Gasteiger charge is -2.38. The Morgan fingerprint density at radius 2 is 1.97 bits per heavy atom. The van der Waals surface area contributed by atoms with Gasteiger partial charge in [0.2, 0.25) is 0 Å². The number of esters is 2. The largest absolute Gasteiger partial charge is 0.468 e. The summed E-state index contributed by atoms with van der Waals surface area (Å²) in [6.07, 6.45) is 0.388. The van der Waals surface area contributed by atoms with E-state index in [4.69, 9.17) is 9.47 Å². The number of ketones is 1. The van der Waals surface area contributed by atoms with Crippen molar-refractivity contribution in [2.24, 2.45) is 11.8 Å². The fraction of sp³-hybridized carbons (Fsp3) is 0.435. The molecule has 3 rings (SSSR count). The normalized spacial score (nSPS) is 22.8. The van der Waals surface area contributed by atoms with E-state index >= 15 is 0 Å². The third kappa shape index (κ3) is 3.90. The number of rotatable bonds is 5. The SMILES string of the molecule is CCOC(=O)C1=C(C)NC2=C(C(=O)[C@@H](C(=O)OC)[C@@H](C)C2)[C@H]1c1ccc(C)c([N+](=O)[O-])c1. The van der Waals surface area contributed by atoms with Crippen LogP contribution in [0.5, 0.6) is 0 Å². The summed E-state index contributed by atoms with van der Waals surface area (Å²) in [5, 5.41) is 14.7. The average Bonchev–Trinajstić information content (AvgIpc) is 2.72. The molecule has 0 spiro atoms. The summed E-state index contributed by atoms with van der Waals surface area (Å²) in [6.45, 7) is 6.89. The molecular formula is C23H26N2O7. The van der Waals surface area contributed by atoms with Crippen molar-refractivity contribution in [3.63, 3.8) is 0 Å². The number of allylic oxidation sites excluding steroid dienone is 3. The third-order valence-electron chi connectivity index (χ3n) is 6.00. The molecule has 1 aliphatic carbocycles. The van der Waals surface area contributed by atoms with E-state index in [0.29, 0.717) is 28.9 Å². The number of methoxy groups -OCH3 is 1. The lowest BCUT2D eigenvalue weighted by Crippen LogP contribution is -2.43. The second-order valence-electron chi connectivity index (χ2n) is 8.06. The van der Waals surface area contributed by atoms with Crippen LogP contribution >= 0.6 is 0 Å². The zero-order valence-electron chi connectivity index (χ0n) is 18.7. The molecular weight excluding hydrogens is 416 g/mol. The Morgan fingerprint density at radius 3 is 2.56 bits per heavy atom. The molecule has 0 saturated heterocycles. The second kappa shape index (κ2) is 8.94. The number of nitro benzene ring substituents is 1. The fourth-order valence-corrected chi connectivity index (χ4v) is 4.50. The highest BCUT2D eigenvalue weighted by atomic mass is 16.6. The van der Waals surface area contributed by atoms with Gasteiger partial charge < -0.3 is 14.8 Å². The zero-order chi connectivity index (χ0) is 23.7. The smallest absolute Gasteiger partial charge is 0.336 e. The second-order valence-corrected chi connectivity index (χ2v) is 8.06. The highest BCUT2D eigenvalue weighted by Crippen LogP contribution is 2.46. The molecule has 0 bridgehead atoms. The number of nitro groups is 1. The summed E-state index contributed by atoms with van der Waals surface area (Å²) < 4.78 is 10.1. The van der Waals surface area contributed by atoms with E-state index in [1.54, 1.807) is 39.8 Å². The Kier molecular flexibility index (Phi) is 6.47. The van der Waals surface area contributed by atoms with Crippen LogP contribution in [-0.4, -0.2) is 36.4 Å². The summed E-state index contributed by atoms with van der Waals surface area (Å²) in [5.74, 6) is -3.97. The van der Waals surface area contributed by atoms with Crippen molar-refractivity contribution in [1.82, 2.24) is 5.32 Å². The quantitative estimate of drug-likeness (QED) is 0.319. The van der Waals surface area contributed by atoms with Crippen LogP contribution in [0.1, 0.15) is 44.2 Å². The summed E-state index contributed by atoms with van der Waals surface area (Å²) in [4.78, 5) is 49.9. The molecule has 0 unspecified atom stereocenters. The number of benzene rings is 1. The molecule has 1 aliphatic heterocycles. The van der Waals surface area contributed by atoms with Crippen molar-refractivity contribution >= 4 is 23.4 Å². The number of carbonyl (C=O) groups excluding carboxylic acids is 3. The van der Waals surface area contributed by atoms with Gasteiger partial charge in [-0.2, -0.15) is 0 Å². The molecule has 9 heteroatoms. The van der Waals surface area contributed by atoms with Gasteiger partial charge >= 0.3 is 11.9 Å². The minimum absolute atomic E-state index is 0.120. The molecule has 9 nitrogen and oxygen atoms in total. The fourth-order valence-electron chi connectivity index (χ4n) is 4.50. The van der Waals surface area contributed by atoms with Crippen LogP contribution in [-0.2, 0) is 23.9 Å². The maximum absolute atomic E-state index is 13.6. The number of ether oxygens (including phenoxy) is 2. The van der Waals surface area contributed by atoms with E-state index in [0.717, 1.165) is 0 Å². The van der Waals surface area contributed by atoms with Gasteiger partial charge in [-0.3, -0.25) is 19.7 Å². The molecule has 0 amide bonds. The molecule has 1 N–H and O–H groups in total. The standard InChI is InChI=1S/C23H26N2O7/c1-6-32-23(28)18-13(4)24-15-9-12(3)17(22(27)31-5)21(26)20(15)19(18)14-8-7-11(2)16(10-14)25(29)30/h7-8,10,12,17,19,24H,6,9H2,1-5H3/t12-,17-,19-/m0/s1. The van der Waals surface area contributed by atoms with Crippen molar-refractivity contribution in [3.8, 4) is 0 Å². The van der Waals surface area contributed by atoms with Crippen molar-refractivity contribution in [2.75, 3.05) is 13.7 Å². The molecule has 0 fully saturated rings. The Morgan fingerprint density at radius 1 is 1.28 bits per heavy atom. The van der Waals surface area contributed by atoms with Crippen molar-refractivity contribution < 1.29 is 28.8 Å². The van der Waals surface area contributed by atoms with Crippen molar-refractivity contribution in [3.05, 3.63) is 62.0 Å². The summed E-state index contributed by atoms with van der Waals surface area (Å²) in [6, 6.07) is 4.62. The average molecular weight is 442 g/mol. The summed E-state index contributed by atoms with van der Waals surface area (Å²) in [5.41, 5.74) is 2.28. The van der Waals surface area contributed by atoms with Gasteiger partial charge in [-0.15, -0.1) is 0 Å². The maximum atomic E-state index is 13.6. The monoisotopic (exact) mass is 442 g/mol. The topological polar surface area (TPSA) is 125 Å². The first kappa shape index (κ1) is 23.2. The van der Waals surface area contributed by atoms with Gasteiger partial charge in [0.25, 0.3) is 5.69 Å². The predicted octanol–water partition coefficient (Wildman–Crippen LogP) is 3.08. The number of hydrogen-bond acceptors (Lipinski definition) is 8. The lowest BCUT2D eigenvalue weighted by molar-refractivity contribution is -0.385. The van der Waals surface area contributed by atoms with Crippen LogP contribution in [0.3, 0.4) is 0 Å². The molecule has 1 aromatic rings. The molecule has 1 aromatic carbocycles. The molecule has 0 aromatic heterocycles. The molecule has 3 atom stereocenters. The zero-order valence-corrected chi connectivity index (χ0v) is 18.7. The van der Waals surface area contributed by atoms with Gasteiger partial charge in [-0.25, -0.2) is 4.79 Å². The number of Topliss-reactive ketones (excluding diaryl/α,β-unsaturated/α-hetero) is 1. The Labute approximate surface area is 185 Å². The minimum Gasteiger partial charge on any atom is -0.468 e. The first-order valence-electron chi connectivity index (χ1n) is 10.4. The van der Waals surface area contributed by atoms with Gasteiger partial charge in [-0.1, -0.05) is 19.1 Å².